The predicted molar refractivity (Wildman–Crippen MR) is 115 cm³/mol. The van der Waals surface area contributed by atoms with Crippen LogP contribution >= 0.6 is 0 Å². The van der Waals surface area contributed by atoms with Crippen LogP contribution in [0, 0.1) is 0 Å². The Labute approximate surface area is 176 Å². The number of fused-ring (bicyclic) bond motifs is 1. The Bertz CT molecular complexity index is 1310. The molecule has 31 heavy (non-hydrogen) atoms. The van der Waals surface area contributed by atoms with Gasteiger partial charge in [-0.2, -0.15) is 5.10 Å². The first-order valence-electron chi connectivity index (χ1n) is 9.85. The minimum atomic E-state index is -2.74. The van der Waals surface area contributed by atoms with E-state index in [0.29, 0.717) is 11.1 Å². The lowest BCUT2D eigenvalue weighted by atomic mass is 9.88. The number of carbonyl (C=O) groups is 1. The van der Waals surface area contributed by atoms with Gasteiger partial charge in [0.15, 0.2) is 0 Å². The van der Waals surface area contributed by atoms with Crippen LogP contribution in [0.15, 0.2) is 60.7 Å². The number of anilines is 1. The number of benzene rings is 2. The number of nitrogens with two attached hydrogens (primary N) is 2. The molecular formula is C23H19F2N5O. The molecular weight excluding hydrogens is 400 g/mol. The third kappa shape index (κ3) is 3.30. The van der Waals surface area contributed by atoms with E-state index in [9.17, 15) is 13.6 Å². The highest BCUT2D eigenvalue weighted by molar-refractivity contribution is 6.04. The largest absolute Gasteiger partial charge is 0.383 e. The van der Waals surface area contributed by atoms with Crippen molar-refractivity contribution in [3.8, 4) is 22.5 Å². The summed E-state index contributed by atoms with van der Waals surface area (Å²) in [5, 5.41) is 5.32. The SMILES string of the molecule is NC(=O)c1c(-c2ccc3ccc(-c4ccccc4)nc3c2)nn(C2CC(F)(F)C2)c1N. The zero-order chi connectivity index (χ0) is 21.8. The van der Waals surface area contributed by atoms with E-state index in [1.54, 1.807) is 12.1 Å². The van der Waals surface area contributed by atoms with Crippen molar-refractivity contribution in [3.05, 3.63) is 66.2 Å². The molecule has 1 saturated carbocycles. The van der Waals surface area contributed by atoms with Gasteiger partial charge in [0, 0.05) is 29.4 Å². The molecule has 0 atom stereocenters. The highest BCUT2D eigenvalue weighted by Crippen LogP contribution is 2.47. The molecule has 6 nitrogen and oxygen atoms in total. The molecule has 2 aromatic carbocycles. The molecule has 1 amide bonds. The number of amides is 1. The maximum atomic E-state index is 13.4. The zero-order valence-corrected chi connectivity index (χ0v) is 16.4. The number of alkyl halides is 2. The Kier molecular flexibility index (Phi) is 4.25. The van der Waals surface area contributed by atoms with E-state index in [2.05, 4.69) is 5.10 Å². The number of pyridine rings is 1. The Morgan fingerprint density at radius 1 is 1.03 bits per heavy atom. The van der Waals surface area contributed by atoms with Gasteiger partial charge in [0.05, 0.1) is 17.3 Å². The summed E-state index contributed by atoms with van der Waals surface area (Å²) in [5.74, 6) is -3.48. The molecule has 0 saturated heterocycles. The number of hydrogen-bond acceptors (Lipinski definition) is 4. The van der Waals surface area contributed by atoms with E-state index in [-0.39, 0.29) is 29.9 Å². The second-order valence-electron chi connectivity index (χ2n) is 7.81. The second-order valence-corrected chi connectivity index (χ2v) is 7.81. The van der Waals surface area contributed by atoms with Crippen molar-refractivity contribution in [1.29, 1.82) is 0 Å². The van der Waals surface area contributed by atoms with E-state index < -0.39 is 17.9 Å². The topological polar surface area (TPSA) is 99.8 Å². The van der Waals surface area contributed by atoms with E-state index in [1.165, 1.54) is 4.68 Å². The average Bonchev–Trinajstić information content (AvgIpc) is 3.09. The molecule has 1 fully saturated rings. The van der Waals surface area contributed by atoms with Gasteiger partial charge in [0.25, 0.3) is 11.8 Å². The van der Waals surface area contributed by atoms with Crippen LogP contribution in [0.25, 0.3) is 33.4 Å². The summed E-state index contributed by atoms with van der Waals surface area (Å²) in [7, 11) is 0. The van der Waals surface area contributed by atoms with Gasteiger partial charge in [-0.25, -0.2) is 18.4 Å². The predicted octanol–water partition coefficient (Wildman–Crippen LogP) is 4.42. The molecule has 5 rings (SSSR count). The first-order chi connectivity index (χ1) is 14.8. The number of halogens is 2. The monoisotopic (exact) mass is 419 g/mol. The van der Waals surface area contributed by atoms with Crippen LogP contribution in [0.5, 0.6) is 0 Å². The zero-order valence-electron chi connectivity index (χ0n) is 16.4. The third-order valence-corrected chi connectivity index (χ3v) is 5.64. The maximum Gasteiger partial charge on any atom is 0.254 e. The Morgan fingerprint density at radius 2 is 1.74 bits per heavy atom. The highest BCUT2D eigenvalue weighted by Gasteiger charge is 2.47. The maximum absolute atomic E-state index is 13.4. The van der Waals surface area contributed by atoms with Gasteiger partial charge >= 0.3 is 0 Å². The number of nitrogen functional groups attached to an aromatic ring is 1. The van der Waals surface area contributed by atoms with Gasteiger partial charge in [0.1, 0.15) is 17.1 Å². The van der Waals surface area contributed by atoms with Gasteiger partial charge in [-0.3, -0.25) is 4.79 Å². The molecule has 0 unspecified atom stereocenters. The van der Waals surface area contributed by atoms with Crippen LogP contribution in [0.2, 0.25) is 0 Å². The summed E-state index contributed by atoms with van der Waals surface area (Å²) in [6.45, 7) is 0. The van der Waals surface area contributed by atoms with Crippen molar-refractivity contribution in [2.45, 2.75) is 24.8 Å². The lowest BCUT2D eigenvalue weighted by molar-refractivity contribution is -0.106. The van der Waals surface area contributed by atoms with E-state index in [1.807, 2.05) is 48.5 Å². The van der Waals surface area contributed by atoms with Crippen molar-refractivity contribution in [1.82, 2.24) is 14.8 Å². The van der Waals surface area contributed by atoms with E-state index >= 15 is 0 Å². The van der Waals surface area contributed by atoms with Crippen molar-refractivity contribution < 1.29 is 13.6 Å². The molecule has 0 spiro atoms. The minimum absolute atomic E-state index is 0.00842. The van der Waals surface area contributed by atoms with Crippen LogP contribution in [-0.2, 0) is 0 Å². The van der Waals surface area contributed by atoms with Gasteiger partial charge in [-0.05, 0) is 12.1 Å². The smallest absolute Gasteiger partial charge is 0.254 e. The summed E-state index contributed by atoms with van der Waals surface area (Å²) < 4.78 is 28.0. The standard InChI is InChI=1S/C23H19F2N5O/c24-23(25)11-16(12-23)30-21(26)19(22(27)31)20(29-30)15-7-6-14-8-9-17(28-18(14)10-15)13-4-2-1-3-5-13/h1-10,16H,11-12,26H2,(H2,27,31). The summed E-state index contributed by atoms with van der Waals surface area (Å²) >= 11 is 0. The molecule has 1 aliphatic rings. The number of hydrogen-bond donors (Lipinski definition) is 2. The number of primary amides is 1. The van der Waals surface area contributed by atoms with Crippen LogP contribution in [0.3, 0.4) is 0 Å². The normalized spacial score (nSPS) is 15.7. The molecule has 8 heteroatoms. The lowest BCUT2D eigenvalue weighted by Crippen LogP contribution is -2.38. The summed E-state index contributed by atoms with van der Waals surface area (Å²) in [6, 6.07) is 18.6. The van der Waals surface area contributed by atoms with Gasteiger partial charge in [-0.15, -0.1) is 0 Å². The quantitative estimate of drug-likeness (QED) is 0.511. The van der Waals surface area contributed by atoms with Gasteiger partial charge < -0.3 is 11.5 Å². The van der Waals surface area contributed by atoms with Crippen LogP contribution < -0.4 is 11.5 Å². The minimum Gasteiger partial charge on any atom is -0.383 e. The van der Waals surface area contributed by atoms with Crippen molar-refractivity contribution >= 4 is 22.6 Å². The number of rotatable bonds is 4. The molecule has 0 bridgehead atoms. The molecule has 4 N–H and O–H groups in total. The molecule has 0 radical (unpaired) electrons. The fourth-order valence-corrected chi connectivity index (χ4v) is 4.01. The summed E-state index contributed by atoms with van der Waals surface area (Å²) in [4.78, 5) is 16.8. The van der Waals surface area contributed by atoms with Gasteiger partial charge in [-0.1, -0.05) is 48.5 Å². The Balaban J connectivity index is 1.61. The number of carbonyl (C=O) groups excluding carboxylic acids is 1. The van der Waals surface area contributed by atoms with E-state index in [0.717, 1.165) is 16.6 Å². The highest BCUT2D eigenvalue weighted by atomic mass is 19.3. The molecule has 2 aromatic heterocycles. The summed E-state index contributed by atoms with van der Waals surface area (Å²) in [5.41, 5.74) is 15.0. The molecule has 156 valence electrons. The number of nitrogens with zero attached hydrogens (tertiary/aromatic N) is 3. The lowest BCUT2D eigenvalue weighted by Gasteiger charge is -2.35. The third-order valence-electron chi connectivity index (χ3n) is 5.64. The second kappa shape index (κ2) is 6.87. The first kappa shape index (κ1) is 19.2. The van der Waals surface area contributed by atoms with Crippen molar-refractivity contribution in [2.75, 3.05) is 5.73 Å². The molecule has 1 aliphatic carbocycles. The molecule has 4 aromatic rings. The fourth-order valence-electron chi connectivity index (χ4n) is 4.01. The van der Waals surface area contributed by atoms with Crippen LogP contribution in [-0.4, -0.2) is 26.6 Å². The number of aromatic nitrogens is 3. The van der Waals surface area contributed by atoms with Gasteiger partial charge in [0.2, 0.25) is 0 Å². The van der Waals surface area contributed by atoms with Crippen molar-refractivity contribution in [2.24, 2.45) is 5.73 Å². The van der Waals surface area contributed by atoms with Crippen molar-refractivity contribution in [3.63, 3.8) is 0 Å². The molecule has 0 aliphatic heterocycles. The summed E-state index contributed by atoms with van der Waals surface area (Å²) in [6.07, 6.45) is -0.730. The fraction of sp³-hybridized carbons (Fsp3) is 0.174. The van der Waals surface area contributed by atoms with Crippen LogP contribution in [0.4, 0.5) is 14.6 Å². The Hall–Kier alpha value is -3.81. The van der Waals surface area contributed by atoms with Crippen LogP contribution in [0.1, 0.15) is 29.2 Å². The van der Waals surface area contributed by atoms with E-state index in [4.69, 9.17) is 16.5 Å². The Morgan fingerprint density at radius 3 is 2.42 bits per heavy atom. The first-order valence-corrected chi connectivity index (χ1v) is 9.85. The molecule has 2 heterocycles. The average molecular weight is 419 g/mol.